The third-order valence-corrected chi connectivity index (χ3v) is 0. The van der Waals surface area contributed by atoms with Crippen LogP contribution in [0.2, 0.25) is 19.6 Å². The molecule has 0 rings (SSSR count). The van der Waals surface area contributed by atoms with E-state index >= 15 is 0 Å². The monoisotopic (exact) mass is 400 g/mol. The van der Waals surface area contributed by atoms with Crippen LogP contribution in [-0.4, -0.2) is 49.1 Å². The average Bonchev–Trinajstić information content (AvgIpc) is 1.25. The average molecular weight is 400 g/mol. The maximum atomic E-state index is 7.27. The molecule has 88 valence electrons. The molecule has 0 aromatic rings. The van der Waals surface area contributed by atoms with Gasteiger partial charge in [-0.2, -0.15) is 0 Å². The molecule has 0 aliphatic heterocycles. The van der Waals surface area contributed by atoms with Crippen LogP contribution in [0.1, 0.15) is 7.43 Å². The molecule has 0 saturated heterocycles. The van der Waals surface area contributed by atoms with Crippen molar-refractivity contribution in [2.75, 3.05) is 0 Å². The van der Waals surface area contributed by atoms with E-state index in [0.717, 1.165) is 0 Å². The zero-order valence-electron chi connectivity index (χ0n) is 8.00. The Morgan fingerprint density at radius 3 is 0.714 bits per heavy atom. The second kappa shape index (κ2) is 45.3. The molecular weight excluding hydrogens is 378 g/mol. The van der Waals surface area contributed by atoms with Crippen LogP contribution in [0.3, 0.4) is 0 Å². The number of hydrogen-bond donors (Lipinski definition) is 3. The van der Waals surface area contributed by atoms with Crippen molar-refractivity contribution < 1.29 is 96.2 Å². The first-order valence-corrected chi connectivity index (χ1v) is 6.51. The molecular formula is C4H22O6Si2Y2. The van der Waals surface area contributed by atoms with Gasteiger partial charge in [0, 0.05) is 74.2 Å². The quantitative estimate of drug-likeness (QED) is 0.384. The first kappa shape index (κ1) is 55.1. The molecule has 6 nitrogen and oxygen atoms in total. The van der Waals surface area contributed by atoms with Gasteiger partial charge in [-0.05, 0) is 0 Å². The molecule has 0 aromatic carbocycles. The summed E-state index contributed by atoms with van der Waals surface area (Å²) in [7, 11) is -2.76. The summed E-state index contributed by atoms with van der Waals surface area (Å²) in [5, 5.41) is 0. The van der Waals surface area contributed by atoms with Crippen LogP contribution in [0, 0.1) is 0 Å². The van der Waals surface area contributed by atoms with Crippen molar-refractivity contribution in [3.05, 3.63) is 0 Å². The fraction of sp³-hybridized carbons (Fsp3) is 1.00. The van der Waals surface area contributed by atoms with Crippen LogP contribution in [0.5, 0.6) is 0 Å². The minimum absolute atomic E-state index is 0. The Kier molecular flexibility index (Phi) is 178. The summed E-state index contributed by atoms with van der Waals surface area (Å²) in [6, 6.07) is 0. The van der Waals surface area contributed by atoms with Gasteiger partial charge < -0.3 is 30.8 Å². The van der Waals surface area contributed by atoms with Gasteiger partial charge in [-0.3, -0.25) is 0 Å². The Bertz CT molecular complexity index is 41.3. The van der Waals surface area contributed by atoms with Crippen molar-refractivity contribution in [3.8, 4) is 0 Å². The summed E-state index contributed by atoms with van der Waals surface area (Å²) in [6.45, 7) is 6.81. The van der Waals surface area contributed by atoms with Crippen LogP contribution in [0.4, 0.5) is 0 Å². The molecule has 0 atom stereocenters. The van der Waals surface area contributed by atoms with E-state index in [-0.39, 0.29) is 98.1 Å². The second-order valence-corrected chi connectivity index (χ2v) is 5.40. The molecule has 0 aliphatic rings. The van der Waals surface area contributed by atoms with Crippen molar-refractivity contribution in [3.63, 3.8) is 0 Å². The predicted octanol–water partition coefficient (Wildman–Crippen LogP) is -2.52. The van der Waals surface area contributed by atoms with E-state index in [9.17, 15) is 0 Å². The second-order valence-electron chi connectivity index (χ2n) is 1.80. The third kappa shape index (κ3) is 448. The molecule has 10 heteroatoms. The summed E-state index contributed by atoms with van der Waals surface area (Å²) in [5.74, 6) is 0. The molecule has 0 aliphatic carbocycles. The Morgan fingerprint density at radius 2 is 0.714 bits per heavy atom. The number of rotatable bonds is 0. The number of hydrogen-bond acceptors (Lipinski definition) is 3. The molecule has 0 heterocycles. The van der Waals surface area contributed by atoms with Crippen LogP contribution in [0.15, 0.2) is 0 Å². The minimum Gasteiger partial charge on any atom is -0.412 e. The Morgan fingerprint density at radius 1 is 0.714 bits per heavy atom. The van der Waals surface area contributed by atoms with Gasteiger partial charge >= 0.3 is 9.53 Å². The van der Waals surface area contributed by atoms with Crippen molar-refractivity contribution in [1.82, 2.24) is 0 Å². The maximum absolute atomic E-state index is 7.27. The first-order chi connectivity index (χ1) is 3.46. The molecule has 0 amide bonds. The van der Waals surface area contributed by atoms with E-state index in [2.05, 4.69) is 19.6 Å². The normalized spacial score (nSPS) is 5.14. The summed E-state index contributed by atoms with van der Waals surface area (Å²) >= 11 is 0. The van der Waals surface area contributed by atoms with E-state index in [0.29, 0.717) is 0 Å². The predicted molar refractivity (Wildman–Crippen MR) is 53.3 cm³/mol. The Labute approximate surface area is 140 Å². The van der Waals surface area contributed by atoms with E-state index in [1.54, 1.807) is 0 Å². The fourth-order valence-electron chi connectivity index (χ4n) is 0. The van der Waals surface area contributed by atoms with Crippen LogP contribution in [-0.2, 0) is 65.4 Å². The standard InChI is InChI=1S/C3H9Si.CH4.H3O3Si.3H2O.2Y/c1-4(2)3;;1-4(2)3;;;;;/h1-3H3;1H4;1-3H;3*1H2;;. The molecule has 0 unspecified atom stereocenters. The van der Waals surface area contributed by atoms with Gasteiger partial charge in [-0.1, -0.05) is 27.1 Å². The van der Waals surface area contributed by atoms with E-state index in [4.69, 9.17) is 14.4 Å². The topological polar surface area (TPSA) is 155 Å². The Balaban J connectivity index is -0.00000000600. The maximum Gasteiger partial charge on any atom is 0.569 e. The third-order valence-electron chi connectivity index (χ3n) is 0. The van der Waals surface area contributed by atoms with Crippen LogP contribution < -0.4 is 0 Å². The smallest absolute Gasteiger partial charge is 0.412 e. The van der Waals surface area contributed by atoms with Gasteiger partial charge in [-0.25, -0.2) is 0 Å². The van der Waals surface area contributed by atoms with Gasteiger partial charge in [0.15, 0.2) is 0 Å². The molecule has 4 radical (unpaired) electrons. The van der Waals surface area contributed by atoms with Gasteiger partial charge in [0.2, 0.25) is 0 Å². The van der Waals surface area contributed by atoms with Gasteiger partial charge in [0.05, 0.1) is 0 Å². The zero-order chi connectivity index (χ0) is 7.15. The molecule has 0 aromatic heterocycles. The van der Waals surface area contributed by atoms with Crippen molar-refractivity contribution in [2.45, 2.75) is 27.1 Å². The molecule has 0 fully saturated rings. The van der Waals surface area contributed by atoms with E-state index in [1.165, 1.54) is 0 Å². The van der Waals surface area contributed by atoms with Gasteiger partial charge in [-0.15, -0.1) is 0 Å². The summed E-state index contributed by atoms with van der Waals surface area (Å²) in [6.07, 6.45) is 0. The molecule has 0 saturated carbocycles. The SMILES string of the molecule is C.C[Si](C)C.O.O.O.O[Si](O)O.[Y].[Y]. The molecule has 14 heavy (non-hydrogen) atoms. The first-order valence-electron chi connectivity index (χ1n) is 2.17. The van der Waals surface area contributed by atoms with Crippen molar-refractivity contribution in [1.29, 1.82) is 0 Å². The molecule has 0 spiro atoms. The summed E-state index contributed by atoms with van der Waals surface area (Å²) in [4.78, 5) is 21.8. The van der Waals surface area contributed by atoms with Crippen molar-refractivity contribution in [2.24, 2.45) is 0 Å². The van der Waals surface area contributed by atoms with Crippen molar-refractivity contribution >= 4 is 18.3 Å². The molecule has 9 N–H and O–H groups in total. The minimum atomic E-state index is -2.88. The summed E-state index contributed by atoms with van der Waals surface area (Å²) < 4.78 is 0. The largest absolute Gasteiger partial charge is 0.569 e. The van der Waals surface area contributed by atoms with Gasteiger partial charge in [0.1, 0.15) is 0 Å². The summed E-state index contributed by atoms with van der Waals surface area (Å²) in [5.41, 5.74) is 0. The molecule has 0 bridgehead atoms. The van der Waals surface area contributed by atoms with Crippen LogP contribution in [0.25, 0.3) is 0 Å². The van der Waals surface area contributed by atoms with Gasteiger partial charge in [0.25, 0.3) is 0 Å². The fourth-order valence-corrected chi connectivity index (χ4v) is 0. The Hall–Kier alpha value is 2.40. The van der Waals surface area contributed by atoms with Crippen LogP contribution >= 0.6 is 0 Å². The van der Waals surface area contributed by atoms with E-state index in [1.807, 2.05) is 0 Å². The zero-order valence-corrected chi connectivity index (χ0v) is 15.7. The van der Waals surface area contributed by atoms with E-state index < -0.39 is 9.53 Å².